The van der Waals surface area contributed by atoms with Gasteiger partial charge in [0.1, 0.15) is 0 Å². The van der Waals surface area contributed by atoms with Gasteiger partial charge in [-0.1, -0.05) is 6.07 Å². The Morgan fingerprint density at radius 2 is 2.15 bits per heavy atom. The molecule has 0 unspecified atom stereocenters. The maximum Gasteiger partial charge on any atom is 0.251 e. The molecule has 5 nitrogen and oxygen atoms in total. The van der Waals surface area contributed by atoms with E-state index in [-0.39, 0.29) is 11.8 Å². The van der Waals surface area contributed by atoms with Crippen LogP contribution in [-0.2, 0) is 11.3 Å². The van der Waals surface area contributed by atoms with Gasteiger partial charge in [0, 0.05) is 23.6 Å². The van der Waals surface area contributed by atoms with Crippen molar-refractivity contribution in [3.05, 3.63) is 45.9 Å². The van der Waals surface area contributed by atoms with Crippen LogP contribution in [0.15, 0.2) is 29.6 Å². The molecule has 0 spiro atoms. The van der Waals surface area contributed by atoms with Crippen molar-refractivity contribution in [2.45, 2.75) is 20.4 Å². The molecule has 2 N–H and O–H groups in total. The van der Waals surface area contributed by atoms with Crippen LogP contribution in [0.4, 0.5) is 5.69 Å². The molecule has 2 aromatic rings. The van der Waals surface area contributed by atoms with Gasteiger partial charge in [0.05, 0.1) is 17.2 Å². The summed E-state index contributed by atoms with van der Waals surface area (Å²) in [6.07, 6.45) is 0. The van der Waals surface area contributed by atoms with Crippen LogP contribution in [0, 0.1) is 6.92 Å². The van der Waals surface area contributed by atoms with Gasteiger partial charge in [0.2, 0.25) is 5.91 Å². The summed E-state index contributed by atoms with van der Waals surface area (Å²) in [7, 11) is 0. The van der Waals surface area contributed by atoms with E-state index in [0.29, 0.717) is 17.8 Å². The largest absolute Gasteiger partial charge is 0.346 e. The molecule has 0 saturated carbocycles. The lowest BCUT2D eigenvalue weighted by molar-refractivity contribution is -0.114. The summed E-state index contributed by atoms with van der Waals surface area (Å²) >= 11 is 1.55. The number of aromatic nitrogens is 1. The number of anilines is 1. The topological polar surface area (TPSA) is 71.1 Å². The average Bonchev–Trinajstić information content (AvgIpc) is 2.81. The van der Waals surface area contributed by atoms with Gasteiger partial charge >= 0.3 is 0 Å². The van der Waals surface area contributed by atoms with Gasteiger partial charge in [-0.3, -0.25) is 9.59 Å². The van der Waals surface area contributed by atoms with Crippen LogP contribution in [0.5, 0.6) is 0 Å². The van der Waals surface area contributed by atoms with Gasteiger partial charge in [-0.25, -0.2) is 4.98 Å². The van der Waals surface area contributed by atoms with Crippen molar-refractivity contribution in [3.8, 4) is 0 Å². The van der Waals surface area contributed by atoms with Crippen LogP contribution in [0.3, 0.4) is 0 Å². The number of rotatable bonds is 4. The van der Waals surface area contributed by atoms with E-state index < -0.39 is 0 Å². The zero-order chi connectivity index (χ0) is 14.5. The summed E-state index contributed by atoms with van der Waals surface area (Å²) in [5.41, 5.74) is 1.96. The maximum absolute atomic E-state index is 12.0. The maximum atomic E-state index is 12.0. The van der Waals surface area contributed by atoms with E-state index in [9.17, 15) is 9.59 Å². The molecule has 1 heterocycles. The van der Waals surface area contributed by atoms with E-state index in [1.54, 1.807) is 35.6 Å². The molecule has 0 atom stereocenters. The van der Waals surface area contributed by atoms with Crippen LogP contribution < -0.4 is 10.6 Å². The number of hydrogen-bond donors (Lipinski definition) is 2. The predicted octanol–water partition coefficient (Wildman–Crippen LogP) is 2.34. The molecule has 0 fully saturated rings. The molecule has 104 valence electrons. The number of nitrogens with zero attached hydrogens (tertiary/aromatic N) is 1. The fourth-order valence-electron chi connectivity index (χ4n) is 1.70. The van der Waals surface area contributed by atoms with Gasteiger partial charge in [0.25, 0.3) is 5.91 Å². The fraction of sp³-hybridized carbons (Fsp3) is 0.214. The van der Waals surface area contributed by atoms with Crippen molar-refractivity contribution in [2.75, 3.05) is 5.32 Å². The Morgan fingerprint density at radius 3 is 2.80 bits per heavy atom. The fourth-order valence-corrected chi connectivity index (χ4v) is 2.32. The van der Waals surface area contributed by atoms with Crippen molar-refractivity contribution < 1.29 is 9.59 Å². The second-order valence-corrected chi connectivity index (χ2v) is 5.36. The summed E-state index contributed by atoms with van der Waals surface area (Å²) in [6, 6.07) is 6.81. The summed E-state index contributed by atoms with van der Waals surface area (Å²) in [6.45, 7) is 3.75. The molecule has 1 aromatic carbocycles. The van der Waals surface area contributed by atoms with E-state index in [1.165, 1.54) is 6.92 Å². The molecule has 0 bridgehead atoms. The zero-order valence-corrected chi connectivity index (χ0v) is 12.1. The Balaban J connectivity index is 1.99. The first-order valence-corrected chi connectivity index (χ1v) is 6.99. The summed E-state index contributed by atoms with van der Waals surface area (Å²) < 4.78 is 0. The van der Waals surface area contributed by atoms with Crippen LogP contribution in [-0.4, -0.2) is 16.8 Å². The Hall–Kier alpha value is -2.21. The normalized spacial score (nSPS) is 10.1. The van der Waals surface area contributed by atoms with E-state index >= 15 is 0 Å². The van der Waals surface area contributed by atoms with E-state index in [2.05, 4.69) is 15.6 Å². The third-order valence-corrected chi connectivity index (χ3v) is 3.36. The Kier molecular flexibility index (Phi) is 4.47. The monoisotopic (exact) mass is 289 g/mol. The van der Waals surface area contributed by atoms with Crippen molar-refractivity contribution in [1.82, 2.24) is 10.3 Å². The molecular formula is C14H15N3O2S. The molecule has 6 heteroatoms. The minimum atomic E-state index is -0.192. The predicted molar refractivity (Wildman–Crippen MR) is 78.8 cm³/mol. The quantitative estimate of drug-likeness (QED) is 0.907. The lowest BCUT2D eigenvalue weighted by Gasteiger charge is -2.06. The number of thiazole rings is 1. The Labute approximate surface area is 121 Å². The highest BCUT2D eigenvalue weighted by molar-refractivity contribution is 7.09. The molecule has 2 amide bonds. The van der Waals surface area contributed by atoms with Crippen molar-refractivity contribution in [3.63, 3.8) is 0 Å². The lowest BCUT2D eigenvalue weighted by atomic mass is 10.2. The molecule has 0 aliphatic heterocycles. The first-order chi connectivity index (χ1) is 9.54. The van der Waals surface area contributed by atoms with Crippen molar-refractivity contribution in [1.29, 1.82) is 0 Å². The van der Waals surface area contributed by atoms with Gasteiger partial charge in [0.15, 0.2) is 0 Å². The summed E-state index contributed by atoms with van der Waals surface area (Å²) in [4.78, 5) is 27.3. The van der Waals surface area contributed by atoms with Gasteiger partial charge in [-0.2, -0.15) is 0 Å². The number of aryl methyl sites for hydroxylation is 1. The Morgan fingerprint density at radius 1 is 1.35 bits per heavy atom. The van der Waals surface area contributed by atoms with Gasteiger partial charge < -0.3 is 10.6 Å². The van der Waals surface area contributed by atoms with E-state index in [4.69, 9.17) is 0 Å². The van der Waals surface area contributed by atoms with E-state index in [1.807, 2.05) is 12.3 Å². The molecule has 1 aromatic heterocycles. The highest BCUT2D eigenvalue weighted by atomic mass is 32.1. The number of nitrogens with one attached hydrogen (secondary N) is 2. The van der Waals surface area contributed by atoms with Gasteiger partial charge in [-0.05, 0) is 25.1 Å². The van der Waals surface area contributed by atoms with Crippen LogP contribution in [0.25, 0.3) is 0 Å². The molecule has 0 saturated heterocycles. The number of amides is 2. The third kappa shape index (κ3) is 3.89. The van der Waals surface area contributed by atoms with Crippen LogP contribution >= 0.6 is 11.3 Å². The molecule has 0 aliphatic carbocycles. The molecule has 2 rings (SSSR count). The highest BCUT2D eigenvalue weighted by Gasteiger charge is 2.07. The van der Waals surface area contributed by atoms with Crippen molar-refractivity contribution in [2.24, 2.45) is 0 Å². The molecule has 0 radical (unpaired) electrons. The number of hydrogen-bond acceptors (Lipinski definition) is 4. The highest BCUT2D eigenvalue weighted by Crippen LogP contribution is 2.11. The summed E-state index contributed by atoms with van der Waals surface area (Å²) in [5, 5.41) is 8.34. The molecule has 0 aliphatic rings. The second-order valence-electron chi connectivity index (χ2n) is 4.30. The minimum Gasteiger partial charge on any atom is -0.346 e. The standard InChI is InChI=1S/C14H15N3O2S/c1-9(18)16-12-5-3-4-11(6-12)14(19)15-7-13-8-20-10(2)17-13/h3-6,8H,7H2,1-2H3,(H,15,19)(H,16,18). The van der Waals surface area contributed by atoms with Gasteiger partial charge in [-0.15, -0.1) is 11.3 Å². The van der Waals surface area contributed by atoms with Crippen LogP contribution in [0.1, 0.15) is 28.0 Å². The second kappa shape index (κ2) is 6.29. The number of carbonyl (C=O) groups is 2. The third-order valence-electron chi connectivity index (χ3n) is 2.54. The SMILES string of the molecule is CC(=O)Nc1cccc(C(=O)NCc2csc(C)n2)c1. The smallest absolute Gasteiger partial charge is 0.251 e. The first kappa shape index (κ1) is 14.2. The Bertz CT molecular complexity index is 637. The average molecular weight is 289 g/mol. The minimum absolute atomic E-state index is 0.166. The van der Waals surface area contributed by atoms with Crippen LogP contribution in [0.2, 0.25) is 0 Å². The number of benzene rings is 1. The summed E-state index contributed by atoms with van der Waals surface area (Å²) in [5.74, 6) is -0.358. The number of carbonyl (C=O) groups excluding carboxylic acids is 2. The lowest BCUT2D eigenvalue weighted by Crippen LogP contribution is -2.23. The van der Waals surface area contributed by atoms with Crippen molar-refractivity contribution >= 4 is 28.8 Å². The molecular weight excluding hydrogens is 274 g/mol. The van der Waals surface area contributed by atoms with E-state index in [0.717, 1.165) is 10.7 Å². The first-order valence-electron chi connectivity index (χ1n) is 6.11. The zero-order valence-electron chi connectivity index (χ0n) is 11.3. The molecule has 20 heavy (non-hydrogen) atoms.